The third kappa shape index (κ3) is 3.53. The van der Waals surface area contributed by atoms with Gasteiger partial charge in [-0.15, -0.1) is 0 Å². The summed E-state index contributed by atoms with van der Waals surface area (Å²) in [6, 6.07) is 2.02. The van der Waals surface area contributed by atoms with E-state index in [0.29, 0.717) is 17.9 Å². The molecule has 3 aromatic heterocycles. The largest absolute Gasteiger partial charge is 0.380 e. The number of hydrogen-bond acceptors (Lipinski definition) is 7. The summed E-state index contributed by atoms with van der Waals surface area (Å²) in [4.78, 5) is 32.1. The van der Waals surface area contributed by atoms with Gasteiger partial charge in [-0.1, -0.05) is 0 Å². The Morgan fingerprint density at radius 2 is 2.14 bits per heavy atom. The van der Waals surface area contributed by atoms with Crippen LogP contribution in [0.2, 0.25) is 0 Å². The van der Waals surface area contributed by atoms with E-state index in [1.807, 2.05) is 30.5 Å². The predicted octanol–water partition coefficient (Wildman–Crippen LogP) is 1.16. The highest BCUT2D eigenvalue weighted by Gasteiger charge is 2.33. The number of methoxy groups -OCH3 is 1. The number of aryl methyl sites for hydroxylation is 2. The highest BCUT2D eigenvalue weighted by Crippen LogP contribution is 2.25. The van der Waals surface area contributed by atoms with Crippen molar-refractivity contribution in [2.45, 2.75) is 32.4 Å². The number of nitrogens with one attached hydrogen (secondary N) is 1. The van der Waals surface area contributed by atoms with Crippen LogP contribution >= 0.6 is 0 Å². The molecule has 0 aromatic carbocycles. The first kappa shape index (κ1) is 18.3. The van der Waals surface area contributed by atoms with Gasteiger partial charge in [-0.2, -0.15) is 0 Å². The van der Waals surface area contributed by atoms with Gasteiger partial charge in [-0.25, -0.2) is 19.9 Å². The topological polar surface area (TPSA) is 97.5 Å². The lowest BCUT2D eigenvalue weighted by Crippen LogP contribution is -2.41. The summed E-state index contributed by atoms with van der Waals surface area (Å²) in [6.07, 6.45) is 7.72. The van der Waals surface area contributed by atoms with Crippen molar-refractivity contribution in [3.63, 3.8) is 0 Å². The molecule has 9 nitrogen and oxygen atoms in total. The van der Waals surface area contributed by atoms with Crippen LogP contribution in [-0.2, 0) is 4.74 Å². The second kappa shape index (κ2) is 7.51. The van der Waals surface area contributed by atoms with E-state index in [1.165, 1.54) is 0 Å². The molecule has 2 atom stereocenters. The number of fused-ring (bicyclic) bond motifs is 1. The average Bonchev–Trinajstić information content (AvgIpc) is 3.28. The molecule has 9 heteroatoms. The molecule has 4 heterocycles. The van der Waals surface area contributed by atoms with E-state index in [9.17, 15) is 4.79 Å². The summed E-state index contributed by atoms with van der Waals surface area (Å²) in [6.45, 7) is 5.01. The van der Waals surface area contributed by atoms with Gasteiger partial charge in [0, 0.05) is 50.6 Å². The van der Waals surface area contributed by atoms with Crippen molar-refractivity contribution < 1.29 is 9.53 Å². The first-order valence-corrected chi connectivity index (χ1v) is 9.21. The molecule has 3 aromatic rings. The van der Waals surface area contributed by atoms with Gasteiger partial charge < -0.3 is 19.4 Å². The third-order valence-electron chi connectivity index (χ3n) is 5.00. The van der Waals surface area contributed by atoms with Crippen molar-refractivity contribution >= 4 is 17.4 Å². The lowest BCUT2D eigenvalue weighted by Gasteiger charge is -2.25. The molecule has 1 aliphatic heterocycles. The smallest absolute Gasteiger partial charge is 0.273 e. The van der Waals surface area contributed by atoms with Crippen molar-refractivity contribution in [1.29, 1.82) is 0 Å². The normalized spacial score (nSPS) is 19.3. The number of anilines is 1. The highest BCUT2D eigenvalue weighted by atomic mass is 16.5. The molecule has 0 aliphatic carbocycles. The van der Waals surface area contributed by atoms with Crippen LogP contribution in [0.3, 0.4) is 0 Å². The van der Waals surface area contributed by atoms with E-state index >= 15 is 0 Å². The van der Waals surface area contributed by atoms with E-state index in [4.69, 9.17) is 4.74 Å². The Labute approximate surface area is 162 Å². The van der Waals surface area contributed by atoms with E-state index < -0.39 is 0 Å². The Hall–Kier alpha value is -3.07. The fourth-order valence-electron chi connectivity index (χ4n) is 3.61. The Morgan fingerprint density at radius 3 is 2.93 bits per heavy atom. The monoisotopic (exact) mass is 381 g/mol. The van der Waals surface area contributed by atoms with Crippen molar-refractivity contribution in [2.24, 2.45) is 0 Å². The van der Waals surface area contributed by atoms with E-state index in [2.05, 4.69) is 30.2 Å². The SMILES string of the molecule is CO[C@H]1C[C@@H](CNC(=O)c2nccn3cc(C)nc23)N(c2cc(C)ncn2)C1. The van der Waals surface area contributed by atoms with Gasteiger partial charge >= 0.3 is 0 Å². The molecule has 4 rings (SSSR count). The molecule has 146 valence electrons. The van der Waals surface area contributed by atoms with Gasteiger partial charge in [-0.3, -0.25) is 4.79 Å². The Bertz CT molecular complexity index is 1000. The molecular formula is C19H23N7O2. The number of ether oxygens (including phenoxy) is 1. The predicted molar refractivity (Wildman–Crippen MR) is 103 cm³/mol. The summed E-state index contributed by atoms with van der Waals surface area (Å²) in [5.74, 6) is 0.603. The van der Waals surface area contributed by atoms with Gasteiger partial charge in [0.1, 0.15) is 12.1 Å². The van der Waals surface area contributed by atoms with Crippen LogP contribution in [0.1, 0.15) is 28.3 Å². The van der Waals surface area contributed by atoms with Crippen molar-refractivity contribution in [3.8, 4) is 0 Å². The van der Waals surface area contributed by atoms with Crippen LogP contribution in [0.25, 0.3) is 5.65 Å². The lowest BCUT2D eigenvalue weighted by molar-refractivity contribution is 0.0942. The second-order valence-corrected chi connectivity index (χ2v) is 7.02. The van der Waals surface area contributed by atoms with E-state index in [-0.39, 0.29) is 18.1 Å². The molecule has 1 aliphatic rings. The third-order valence-corrected chi connectivity index (χ3v) is 5.00. The molecule has 0 radical (unpaired) electrons. The Kier molecular flexibility index (Phi) is 4.91. The zero-order valence-corrected chi connectivity index (χ0v) is 16.2. The van der Waals surface area contributed by atoms with E-state index in [0.717, 1.165) is 30.2 Å². The molecular weight excluding hydrogens is 358 g/mol. The number of carbonyl (C=O) groups excluding carboxylic acids is 1. The number of hydrogen-bond donors (Lipinski definition) is 1. The Balaban J connectivity index is 1.51. The Morgan fingerprint density at radius 1 is 1.29 bits per heavy atom. The molecule has 1 N–H and O–H groups in total. The molecule has 0 saturated carbocycles. The van der Waals surface area contributed by atoms with Crippen LogP contribution in [0.5, 0.6) is 0 Å². The summed E-state index contributed by atoms with van der Waals surface area (Å²) in [5.41, 5.74) is 2.62. The average molecular weight is 381 g/mol. The second-order valence-electron chi connectivity index (χ2n) is 7.02. The van der Waals surface area contributed by atoms with Crippen molar-refractivity contribution in [1.82, 2.24) is 29.7 Å². The number of aromatic nitrogens is 5. The minimum atomic E-state index is -0.240. The van der Waals surface area contributed by atoms with Gasteiger partial charge in [0.25, 0.3) is 5.91 Å². The zero-order chi connectivity index (χ0) is 19.7. The summed E-state index contributed by atoms with van der Waals surface area (Å²) < 4.78 is 7.36. The molecule has 1 fully saturated rings. The quantitative estimate of drug-likeness (QED) is 0.708. The number of rotatable bonds is 5. The fourth-order valence-corrected chi connectivity index (χ4v) is 3.61. The van der Waals surface area contributed by atoms with Crippen LogP contribution in [0.15, 0.2) is 31.0 Å². The maximum Gasteiger partial charge on any atom is 0.273 e. The molecule has 0 bridgehead atoms. The van der Waals surface area contributed by atoms with Crippen LogP contribution in [0.4, 0.5) is 5.82 Å². The van der Waals surface area contributed by atoms with Gasteiger partial charge in [0.2, 0.25) is 0 Å². The number of carbonyl (C=O) groups is 1. The maximum atomic E-state index is 12.8. The van der Waals surface area contributed by atoms with Crippen LogP contribution in [-0.4, -0.2) is 62.6 Å². The van der Waals surface area contributed by atoms with Gasteiger partial charge in [-0.05, 0) is 20.3 Å². The van der Waals surface area contributed by atoms with Crippen molar-refractivity contribution in [2.75, 3.05) is 25.1 Å². The highest BCUT2D eigenvalue weighted by molar-refractivity contribution is 5.97. The van der Waals surface area contributed by atoms with Gasteiger partial charge in [0.05, 0.1) is 17.8 Å². The van der Waals surface area contributed by atoms with E-state index in [1.54, 1.807) is 25.8 Å². The summed E-state index contributed by atoms with van der Waals surface area (Å²) in [5, 5.41) is 3.01. The lowest BCUT2D eigenvalue weighted by atomic mass is 10.2. The minimum absolute atomic E-state index is 0.0735. The maximum absolute atomic E-state index is 12.8. The zero-order valence-electron chi connectivity index (χ0n) is 16.2. The fraction of sp³-hybridized carbons (Fsp3) is 0.421. The number of imidazole rings is 1. The molecule has 28 heavy (non-hydrogen) atoms. The summed E-state index contributed by atoms with van der Waals surface area (Å²) >= 11 is 0. The van der Waals surface area contributed by atoms with Crippen molar-refractivity contribution in [3.05, 3.63) is 48.1 Å². The minimum Gasteiger partial charge on any atom is -0.380 e. The summed E-state index contributed by atoms with van der Waals surface area (Å²) in [7, 11) is 1.71. The standard InChI is InChI=1S/C19H23N7O2/c1-12-6-16(23-11-22-12)26-10-15(28-3)7-14(26)8-21-19(27)17-18-24-13(2)9-25(18)5-4-20-17/h4-6,9,11,14-15H,7-8,10H2,1-3H3,(H,21,27)/t14-,15-/m0/s1. The molecule has 1 saturated heterocycles. The molecule has 1 amide bonds. The van der Waals surface area contributed by atoms with Crippen LogP contribution in [0, 0.1) is 13.8 Å². The number of amides is 1. The van der Waals surface area contributed by atoms with Gasteiger partial charge in [0.15, 0.2) is 11.3 Å². The molecule has 0 spiro atoms. The van der Waals surface area contributed by atoms with Crippen LogP contribution < -0.4 is 10.2 Å². The first-order chi connectivity index (χ1) is 13.5. The molecule has 0 unspecified atom stereocenters. The first-order valence-electron chi connectivity index (χ1n) is 9.21. The number of nitrogens with zero attached hydrogens (tertiary/aromatic N) is 6.